The van der Waals surface area contributed by atoms with Crippen LogP contribution in [0.5, 0.6) is 0 Å². The normalized spacial score (nSPS) is 13.9. The summed E-state index contributed by atoms with van der Waals surface area (Å²) in [5, 5.41) is 31.8. The Morgan fingerprint density at radius 3 is 2.71 bits per heavy atom. The molecule has 0 amide bonds. The largest absolute Gasteiger partial charge is 0.392 e. The van der Waals surface area contributed by atoms with E-state index >= 15 is 0 Å². The van der Waals surface area contributed by atoms with E-state index in [1.807, 2.05) is 0 Å². The van der Waals surface area contributed by atoms with Crippen molar-refractivity contribution in [2.24, 2.45) is 5.11 Å². The molecule has 0 fully saturated rings. The molecular formula is C10H12ClN3O3. The molecule has 1 aromatic rings. The average Bonchev–Trinajstić information content (AvgIpc) is 2.35. The van der Waals surface area contributed by atoms with Gasteiger partial charge in [-0.3, -0.25) is 0 Å². The summed E-state index contributed by atoms with van der Waals surface area (Å²) < 4.78 is 0. The third-order valence-electron chi connectivity index (χ3n) is 2.26. The molecule has 0 aliphatic rings. The molecule has 0 aliphatic heterocycles. The molecule has 0 aromatic heterocycles. The van der Waals surface area contributed by atoms with Crippen LogP contribution in [0.1, 0.15) is 17.2 Å². The third kappa shape index (κ3) is 3.59. The Kier molecular flexibility index (Phi) is 5.21. The van der Waals surface area contributed by atoms with E-state index in [0.29, 0.717) is 11.1 Å². The van der Waals surface area contributed by atoms with Gasteiger partial charge in [-0.05, 0) is 23.2 Å². The Hall–Kier alpha value is -1.30. The minimum Gasteiger partial charge on any atom is -0.392 e. The van der Waals surface area contributed by atoms with Gasteiger partial charge in [0.05, 0.1) is 19.3 Å². The number of azide groups is 1. The van der Waals surface area contributed by atoms with E-state index in [4.69, 9.17) is 22.2 Å². The molecule has 3 N–H and O–H groups in total. The van der Waals surface area contributed by atoms with Gasteiger partial charge in [0.25, 0.3) is 0 Å². The molecule has 0 saturated carbocycles. The van der Waals surface area contributed by atoms with Gasteiger partial charge in [0, 0.05) is 15.5 Å². The van der Waals surface area contributed by atoms with E-state index in [0.717, 1.165) is 0 Å². The van der Waals surface area contributed by atoms with E-state index in [2.05, 4.69) is 10.0 Å². The van der Waals surface area contributed by atoms with E-state index in [1.165, 1.54) is 12.1 Å². The lowest BCUT2D eigenvalue weighted by Crippen LogP contribution is -2.21. The van der Waals surface area contributed by atoms with Gasteiger partial charge in [0.1, 0.15) is 6.10 Å². The molecule has 0 saturated heterocycles. The number of rotatable bonds is 5. The van der Waals surface area contributed by atoms with Crippen LogP contribution in [-0.2, 0) is 6.61 Å². The van der Waals surface area contributed by atoms with Crippen LogP contribution < -0.4 is 0 Å². The summed E-state index contributed by atoms with van der Waals surface area (Å²) in [7, 11) is 0. The lowest BCUT2D eigenvalue weighted by atomic mass is 10.0. The van der Waals surface area contributed by atoms with Crippen molar-refractivity contribution in [3.8, 4) is 0 Å². The number of halogens is 1. The predicted octanol–water partition coefficient (Wildman–Crippen LogP) is 1.54. The smallest absolute Gasteiger partial charge is 0.106 e. The topological polar surface area (TPSA) is 109 Å². The fourth-order valence-electron chi connectivity index (χ4n) is 1.35. The van der Waals surface area contributed by atoms with Crippen molar-refractivity contribution in [3.63, 3.8) is 0 Å². The fraction of sp³-hybridized carbons (Fsp3) is 0.400. The Balaban J connectivity index is 2.93. The first-order chi connectivity index (χ1) is 8.10. The highest BCUT2D eigenvalue weighted by Crippen LogP contribution is 2.26. The average molecular weight is 258 g/mol. The summed E-state index contributed by atoms with van der Waals surface area (Å²) in [5.74, 6) is 0. The molecule has 0 heterocycles. The van der Waals surface area contributed by atoms with Crippen LogP contribution in [0, 0.1) is 0 Å². The maximum Gasteiger partial charge on any atom is 0.106 e. The van der Waals surface area contributed by atoms with Crippen molar-refractivity contribution in [1.29, 1.82) is 0 Å². The van der Waals surface area contributed by atoms with E-state index in [9.17, 15) is 10.2 Å². The van der Waals surface area contributed by atoms with Crippen molar-refractivity contribution >= 4 is 11.6 Å². The lowest BCUT2D eigenvalue weighted by Gasteiger charge is -2.18. The number of hydrogen-bond donors (Lipinski definition) is 3. The highest BCUT2D eigenvalue weighted by atomic mass is 35.5. The lowest BCUT2D eigenvalue weighted by molar-refractivity contribution is 0.0244. The van der Waals surface area contributed by atoms with Gasteiger partial charge in [0.15, 0.2) is 0 Å². The van der Waals surface area contributed by atoms with Crippen molar-refractivity contribution in [2.75, 3.05) is 6.54 Å². The van der Waals surface area contributed by atoms with Gasteiger partial charge >= 0.3 is 0 Å². The van der Waals surface area contributed by atoms with Gasteiger partial charge in [0.2, 0.25) is 0 Å². The fourth-order valence-corrected chi connectivity index (χ4v) is 1.57. The summed E-state index contributed by atoms with van der Waals surface area (Å²) in [4.78, 5) is 2.49. The zero-order valence-electron chi connectivity index (χ0n) is 8.86. The van der Waals surface area contributed by atoms with Crippen LogP contribution in [0.15, 0.2) is 23.3 Å². The molecule has 0 bridgehead atoms. The second-order valence-electron chi connectivity index (χ2n) is 3.44. The first-order valence-electron chi connectivity index (χ1n) is 4.86. The minimum absolute atomic E-state index is 0.191. The summed E-state index contributed by atoms with van der Waals surface area (Å²) >= 11 is 5.87. The summed E-state index contributed by atoms with van der Waals surface area (Å²) in [6.45, 7) is -0.444. The summed E-state index contributed by atoms with van der Waals surface area (Å²) in [6, 6.07) is 4.62. The highest BCUT2D eigenvalue weighted by Gasteiger charge is 2.20. The maximum absolute atomic E-state index is 9.82. The molecule has 2 atom stereocenters. The zero-order valence-corrected chi connectivity index (χ0v) is 9.62. The van der Waals surface area contributed by atoms with Gasteiger partial charge < -0.3 is 15.3 Å². The van der Waals surface area contributed by atoms with E-state index < -0.39 is 12.2 Å². The number of hydrogen-bond acceptors (Lipinski definition) is 4. The summed E-state index contributed by atoms with van der Waals surface area (Å²) in [5.41, 5.74) is 8.97. The van der Waals surface area contributed by atoms with Gasteiger partial charge in [-0.1, -0.05) is 22.8 Å². The minimum atomic E-state index is -1.26. The monoisotopic (exact) mass is 257 g/mol. The van der Waals surface area contributed by atoms with Crippen LogP contribution in [0.2, 0.25) is 5.02 Å². The van der Waals surface area contributed by atoms with Gasteiger partial charge in [-0.25, -0.2) is 0 Å². The molecule has 92 valence electrons. The third-order valence-corrected chi connectivity index (χ3v) is 2.60. The molecular weight excluding hydrogens is 246 g/mol. The molecule has 0 aliphatic carbocycles. The van der Waals surface area contributed by atoms with Crippen molar-refractivity contribution in [1.82, 2.24) is 0 Å². The number of aliphatic hydroxyl groups is 3. The Labute approximate surface area is 103 Å². The first kappa shape index (κ1) is 13.8. The standard InChI is InChI=1S/C10H12ClN3O3/c11-8-2-1-6(5-15)3-7(8)10(17)9(16)4-13-14-12/h1-3,9-10,15-17H,4-5H2. The van der Waals surface area contributed by atoms with Gasteiger partial charge in [-0.2, -0.15) is 0 Å². The van der Waals surface area contributed by atoms with Crippen molar-refractivity contribution < 1.29 is 15.3 Å². The molecule has 0 spiro atoms. The van der Waals surface area contributed by atoms with Crippen LogP contribution >= 0.6 is 11.6 Å². The van der Waals surface area contributed by atoms with Gasteiger partial charge in [-0.15, -0.1) is 0 Å². The quantitative estimate of drug-likeness (QED) is 0.423. The number of nitrogens with zero attached hydrogens (tertiary/aromatic N) is 3. The number of benzene rings is 1. The van der Waals surface area contributed by atoms with Crippen molar-refractivity contribution in [3.05, 3.63) is 44.8 Å². The zero-order chi connectivity index (χ0) is 12.8. The van der Waals surface area contributed by atoms with E-state index in [-0.39, 0.29) is 18.2 Å². The molecule has 1 aromatic carbocycles. The molecule has 2 unspecified atom stereocenters. The number of aliphatic hydroxyl groups excluding tert-OH is 3. The molecule has 1 rings (SSSR count). The highest BCUT2D eigenvalue weighted by molar-refractivity contribution is 6.31. The second-order valence-corrected chi connectivity index (χ2v) is 3.85. The molecule has 6 nitrogen and oxygen atoms in total. The maximum atomic E-state index is 9.82. The SMILES string of the molecule is [N-]=[N+]=NCC(O)C(O)c1cc(CO)ccc1Cl. The van der Waals surface area contributed by atoms with E-state index in [1.54, 1.807) is 6.07 Å². The van der Waals surface area contributed by atoms with Crippen LogP contribution in [0.4, 0.5) is 0 Å². The molecule has 17 heavy (non-hydrogen) atoms. The Bertz CT molecular complexity index is 435. The second kappa shape index (κ2) is 6.44. The molecule has 7 heteroatoms. The molecule has 0 radical (unpaired) electrons. The van der Waals surface area contributed by atoms with Crippen LogP contribution in [-0.4, -0.2) is 28.0 Å². The van der Waals surface area contributed by atoms with Crippen molar-refractivity contribution in [2.45, 2.75) is 18.8 Å². The predicted molar refractivity (Wildman–Crippen MR) is 62.4 cm³/mol. The van der Waals surface area contributed by atoms with Crippen LogP contribution in [0.3, 0.4) is 0 Å². The van der Waals surface area contributed by atoms with Crippen LogP contribution in [0.25, 0.3) is 10.4 Å². The Morgan fingerprint density at radius 2 is 2.12 bits per heavy atom. The Morgan fingerprint density at radius 1 is 1.41 bits per heavy atom. The first-order valence-corrected chi connectivity index (χ1v) is 5.24. The summed E-state index contributed by atoms with van der Waals surface area (Å²) in [6.07, 6.45) is -2.50.